The summed E-state index contributed by atoms with van der Waals surface area (Å²) < 4.78 is 0. The second-order valence-corrected chi connectivity index (χ2v) is 8.82. The molecule has 0 bridgehead atoms. The molecular weight excluding hydrogens is 402 g/mol. The molecule has 1 aromatic heterocycles. The van der Waals surface area contributed by atoms with Crippen LogP contribution < -0.4 is 10.9 Å². The highest BCUT2D eigenvalue weighted by Crippen LogP contribution is 2.29. The molecule has 0 radical (unpaired) electrons. The van der Waals surface area contributed by atoms with Crippen LogP contribution in [0.25, 0.3) is 0 Å². The average Bonchev–Trinajstić information content (AvgIpc) is 3.14. The fourth-order valence-corrected chi connectivity index (χ4v) is 5.00. The third kappa shape index (κ3) is 4.00. The van der Waals surface area contributed by atoms with Gasteiger partial charge in [0.15, 0.2) is 0 Å². The van der Waals surface area contributed by atoms with Crippen LogP contribution in [0, 0.1) is 6.92 Å². The van der Waals surface area contributed by atoms with Gasteiger partial charge in [-0.1, -0.05) is 18.1 Å². The maximum Gasteiger partial charge on any atom is 0.279 e. The zero-order valence-electron chi connectivity index (χ0n) is 16.7. The molecule has 0 atom stereocenters. The van der Waals surface area contributed by atoms with Crippen LogP contribution in [-0.4, -0.2) is 35.1 Å². The van der Waals surface area contributed by atoms with Gasteiger partial charge in [-0.15, -0.1) is 11.3 Å². The van der Waals surface area contributed by atoms with Gasteiger partial charge in [-0.3, -0.25) is 34.9 Å². The number of hydrogen-bond donors (Lipinski definition) is 2. The van der Waals surface area contributed by atoms with Gasteiger partial charge in [-0.2, -0.15) is 0 Å². The van der Waals surface area contributed by atoms with Crippen LogP contribution >= 0.6 is 11.3 Å². The highest BCUT2D eigenvalue weighted by atomic mass is 32.1. The van der Waals surface area contributed by atoms with Crippen LogP contribution in [0.15, 0.2) is 24.3 Å². The summed E-state index contributed by atoms with van der Waals surface area (Å²) in [6, 6.07) is 7.00. The summed E-state index contributed by atoms with van der Waals surface area (Å²) >= 11 is 1.48. The minimum Gasteiger partial charge on any atom is -0.274 e. The van der Waals surface area contributed by atoms with Gasteiger partial charge in [-0.05, 0) is 56.4 Å². The quantitative estimate of drug-likeness (QED) is 0.447. The molecule has 2 aromatic rings. The highest BCUT2D eigenvalue weighted by molar-refractivity contribution is 7.14. The first-order valence-electron chi connectivity index (χ1n) is 10.1. The Morgan fingerprint density at radius 1 is 1.00 bits per heavy atom. The maximum absolute atomic E-state index is 12.4. The van der Waals surface area contributed by atoms with Crippen molar-refractivity contribution in [2.75, 3.05) is 6.54 Å². The molecule has 0 saturated carbocycles. The summed E-state index contributed by atoms with van der Waals surface area (Å²) in [7, 11) is 0. The van der Waals surface area contributed by atoms with E-state index in [1.54, 1.807) is 18.2 Å². The molecule has 1 aliphatic heterocycles. The van der Waals surface area contributed by atoms with Gasteiger partial charge in [0.1, 0.15) is 0 Å². The molecule has 8 heteroatoms. The fourth-order valence-electron chi connectivity index (χ4n) is 3.85. The van der Waals surface area contributed by atoms with Crippen molar-refractivity contribution in [1.29, 1.82) is 0 Å². The van der Waals surface area contributed by atoms with Crippen molar-refractivity contribution >= 4 is 35.0 Å². The Morgan fingerprint density at radius 2 is 1.77 bits per heavy atom. The van der Waals surface area contributed by atoms with Crippen molar-refractivity contribution < 1.29 is 19.2 Å². The Hall–Kier alpha value is -3.00. The third-order valence-electron chi connectivity index (χ3n) is 5.47. The number of hydrogen-bond acceptors (Lipinski definition) is 5. The number of nitrogens with one attached hydrogen (secondary N) is 2. The highest BCUT2D eigenvalue weighted by Gasteiger charge is 2.35. The minimum absolute atomic E-state index is 0.0413. The molecule has 7 nitrogen and oxygen atoms in total. The van der Waals surface area contributed by atoms with E-state index in [1.807, 2.05) is 13.0 Å². The number of amides is 4. The Balaban J connectivity index is 1.29. The molecule has 4 amide bonds. The lowest BCUT2D eigenvalue weighted by atomic mass is 10.1. The molecule has 0 fully saturated rings. The van der Waals surface area contributed by atoms with E-state index in [1.165, 1.54) is 28.2 Å². The Kier molecular flexibility index (Phi) is 5.67. The number of benzene rings is 1. The summed E-state index contributed by atoms with van der Waals surface area (Å²) in [6.07, 6.45) is 5.39. The first-order valence-corrected chi connectivity index (χ1v) is 10.9. The summed E-state index contributed by atoms with van der Waals surface area (Å²) in [4.78, 5) is 52.3. The normalized spacial score (nSPS) is 15.4. The number of fused-ring (bicyclic) bond motifs is 2. The summed E-state index contributed by atoms with van der Waals surface area (Å²) in [5, 5.41) is 0. The topological polar surface area (TPSA) is 95.6 Å². The molecule has 0 saturated heterocycles. The van der Waals surface area contributed by atoms with E-state index >= 15 is 0 Å². The number of rotatable bonds is 4. The summed E-state index contributed by atoms with van der Waals surface area (Å²) in [6.45, 7) is 1.81. The van der Waals surface area contributed by atoms with Crippen LogP contribution in [0.3, 0.4) is 0 Å². The van der Waals surface area contributed by atoms with Gasteiger partial charge >= 0.3 is 0 Å². The van der Waals surface area contributed by atoms with E-state index in [9.17, 15) is 19.2 Å². The summed E-state index contributed by atoms with van der Waals surface area (Å²) in [5.74, 6) is -1.60. The van der Waals surface area contributed by atoms with Gasteiger partial charge in [0.05, 0.1) is 16.0 Å². The van der Waals surface area contributed by atoms with Gasteiger partial charge in [0, 0.05) is 17.8 Å². The minimum atomic E-state index is -0.464. The fraction of sp³-hybridized carbons (Fsp3) is 0.364. The summed E-state index contributed by atoms with van der Waals surface area (Å²) in [5.41, 5.74) is 7.65. The first-order chi connectivity index (χ1) is 14.4. The molecule has 0 unspecified atom stereocenters. The van der Waals surface area contributed by atoms with Crippen molar-refractivity contribution in [2.24, 2.45) is 0 Å². The lowest BCUT2D eigenvalue weighted by molar-refractivity contribution is -0.121. The standard InChI is InChI=1S/C22H23N3O4S/c1-13-7-8-15-16(11-13)22(29)25(21(15)28)10-9-19(26)23-24-20(27)18-12-14-5-3-2-4-6-17(14)30-18/h7-8,11-12H,2-6,9-10H2,1H3,(H,23,26)(H,24,27). The number of hydrazine groups is 1. The predicted molar refractivity (Wildman–Crippen MR) is 112 cm³/mol. The molecule has 4 rings (SSSR count). The zero-order valence-corrected chi connectivity index (χ0v) is 17.6. The third-order valence-corrected chi connectivity index (χ3v) is 6.71. The van der Waals surface area contributed by atoms with Crippen LogP contribution in [0.2, 0.25) is 0 Å². The van der Waals surface area contributed by atoms with E-state index in [0.29, 0.717) is 16.0 Å². The SMILES string of the molecule is Cc1ccc2c(c1)C(=O)N(CCC(=O)NNC(=O)c1cc3c(s1)CCCCC3)C2=O. The number of aryl methyl sites for hydroxylation is 3. The first kappa shape index (κ1) is 20.3. The number of imide groups is 1. The molecule has 156 valence electrons. The molecule has 2 heterocycles. The Bertz CT molecular complexity index is 1020. The van der Waals surface area contributed by atoms with Crippen LogP contribution in [-0.2, 0) is 17.6 Å². The van der Waals surface area contributed by atoms with Crippen molar-refractivity contribution in [3.8, 4) is 0 Å². The van der Waals surface area contributed by atoms with E-state index in [0.717, 1.165) is 36.1 Å². The van der Waals surface area contributed by atoms with Crippen LogP contribution in [0.1, 0.15) is 72.1 Å². The Morgan fingerprint density at radius 3 is 2.60 bits per heavy atom. The average molecular weight is 426 g/mol. The van der Waals surface area contributed by atoms with Crippen LogP contribution in [0.5, 0.6) is 0 Å². The van der Waals surface area contributed by atoms with Crippen LogP contribution in [0.4, 0.5) is 0 Å². The Labute approximate surface area is 178 Å². The van der Waals surface area contributed by atoms with Crippen molar-refractivity contribution in [3.05, 3.63) is 56.3 Å². The number of carbonyl (C=O) groups is 4. The van der Waals surface area contributed by atoms with E-state index in [2.05, 4.69) is 10.9 Å². The molecule has 1 aliphatic carbocycles. The lowest BCUT2D eigenvalue weighted by Gasteiger charge is -2.13. The van der Waals surface area contributed by atoms with E-state index in [-0.39, 0.29) is 18.9 Å². The molecule has 2 N–H and O–H groups in total. The number of carbonyl (C=O) groups excluding carboxylic acids is 4. The van der Waals surface area contributed by atoms with Gasteiger partial charge < -0.3 is 0 Å². The number of thiophene rings is 1. The van der Waals surface area contributed by atoms with Gasteiger partial charge in [0.2, 0.25) is 5.91 Å². The monoisotopic (exact) mass is 425 g/mol. The van der Waals surface area contributed by atoms with Gasteiger partial charge in [0.25, 0.3) is 17.7 Å². The van der Waals surface area contributed by atoms with Crippen molar-refractivity contribution in [1.82, 2.24) is 15.8 Å². The zero-order chi connectivity index (χ0) is 21.3. The largest absolute Gasteiger partial charge is 0.279 e. The number of nitrogens with zero attached hydrogens (tertiary/aromatic N) is 1. The van der Waals surface area contributed by atoms with Crippen molar-refractivity contribution in [2.45, 2.75) is 45.4 Å². The smallest absolute Gasteiger partial charge is 0.274 e. The van der Waals surface area contributed by atoms with Gasteiger partial charge in [-0.25, -0.2) is 0 Å². The molecule has 1 aromatic carbocycles. The van der Waals surface area contributed by atoms with E-state index < -0.39 is 17.7 Å². The van der Waals surface area contributed by atoms with Crippen molar-refractivity contribution in [3.63, 3.8) is 0 Å². The second-order valence-electron chi connectivity index (χ2n) is 7.68. The molecule has 2 aliphatic rings. The predicted octanol–water partition coefficient (Wildman–Crippen LogP) is 2.77. The molecule has 0 spiro atoms. The maximum atomic E-state index is 12.4. The molecule has 30 heavy (non-hydrogen) atoms. The lowest BCUT2D eigenvalue weighted by Crippen LogP contribution is -2.43. The van der Waals surface area contributed by atoms with E-state index in [4.69, 9.17) is 0 Å². The molecular formula is C22H23N3O4S. The second kappa shape index (κ2) is 8.39.